The Morgan fingerprint density at radius 3 is 2.41 bits per heavy atom. The molecule has 3 rings (SSSR count). The Bertz CT molecular complexity index is 1010. The summed E-state index contributed by atoms with van der Waals surface area (Å²) in [6, 6.07) is 13.2. The highest BCUT2D eigenvalue weighted by Crippen LogP contribution is 2.22. The Hall–Kier alpha value is -1.85. The molecular weight excluding hydrogens is 539 g/mol. The van der Waals surface area contributed by atoms with Gasteiger partial charge in [-0.15, -0.1) is 24.0 Å². The first-order valence-electron chi connectivity index (χ1n) is 10.7. The number of nitrogens with zero attached hydrogens (tertiary/aromatic N) is 1. The van der Waals surface area contributed by atoms with E-state index in [9.17, 15) is 8.42 Å². The third-order valence-electron chi connectivity index (χ3n) is 5.08. The molecule has 1 fully saturated rings. The van der Waals surface area contributed by atoms with Gasteiger partial charge in [0, 0.05) is 19.1 Å². The van der Waals surface area contributed by atoms with Crippen LogP contribution in [0.3, 0.4) is 0 Å². The summed E-state index contributed by atoms with van der Waals surface area (Å²) >= 11 is 0. The van der Waals surface area contributed by atoms with Crippen LogP contribution in [0.4, 0.5) is 0 Å². The molecule has 0 aliphatic heterocycles. The standard InChI is InChI=1S/C23H32N4O3S.HI/c1-4-24-23(25-14-13-18-6-5-17(2)22(15-18)30-3)26-16-19-7-11-21(12-8-19)31(28,29)27-20-9-10-20;/h5-8,11-12,15,20,27H,4,9-10,13-14,16H2,1-3H3,(H2,24,25,26);1H. The lowest BCUT2D eigenvalue weighted by Gasteiger charge is -2.12. The normalized spacial score (nSPS) is 13.9. The number of nitrogens with one attached hydrogen (secondary N) is 3. The molecule has 0 atom stereocenters. The maximum atomic E-state index is 12.3. The second-order valence-corrected chi connectivity index (χ2v) is 9.43. The summed E-state index contributed by atoms with van der Waals surface area (Å²) in [5.74, 6) is 1.63. The Kier molecular flexibility index (Phi) is 10.2. The van der Waals surface area contributed by atoms with Crippen molar-refractivity contribution in [3.63, 3.8) is 0 Å². The highest BCUT2D eigenvalue weighted by atomic mass is 127. The van der Waals surface area contributed by atoms with Gasteiger partial charge >= 0.3 is 0 Å². The van der Waals surface area contributed by atoms with Crippen LogP contribution in [0, 0.1) is 6.92 Å². The van der Waals surface area contributed by atoms with E-state index in [0.29, 0.717) is 11.4 Å². The van der Waals surface area contributed by atoms with Gasteiger partial charge in [-0.3, -0.25) is 0 Å². The minimum absolute atomic E-state index is 0. The number of aliphatic imine (C=N–C) groups is 1. The van der Waals surface area contributed by atoms with Gasteiger partial charge in [0.1, 0.15) is 5.75 Å². The number of rotatable bonds is 10. The molecule has 1 aliphatic rings. The molecule has 3 N–H and O–H groups in total. The number of sulfonamides is 1. The number of guanidine groups is 1. The van der Waals surface area contributed by atoms with Crippen LogP contribution in [0.15, 0.2) is 52.4 Å². The molecule has 0 aromatic heterocycles. The molecular formula is C23H33IN4O3S. The van der Waals surface area contributed by atoms with E-state index in [1.807, 2.05) is 26.0 Å². The van der Waals surface area contributed by atoms with Crippen LogP contribution >= 0.6 is 24.0 Å². The fourth-order valence-electron chi connectivity index (χ4n) is 3.12. The summed E-state index contributed by atoms with van der Waals surface area (Å²) < 4.78 is 32.6. The summed E-state index contributed by atoms with van der Waals surface area (Å²) in [6.07, 6.45) is 2.69. The lowest BCUT2D eigenvalue weighted by Crippen LogP contribution is -2.38. The van der Waals surface area contributed by atoms with Crippen molar-refractivity contribution < 1.29 is 13.2 Å². The molecule has 0 heterocycles. The first-order chi connectivity index (χ1) is 14.9. The molecule has 1 saturated carbocycles. The van der Waals surface area contributed by atoms with Crippen molar-refractivity contribution in [2.24, 2.45) is 4.99 Å². The van der Waals surface area contributed by atoms with Crippen molar-refractivity contribution in [3.05, 3.63) is 59.2 Å². The zero-order valence-corrected chi connectivity index (χ0v) is 22.0. The average Bonchev–Trinajstić information content (AvgIpc) is 3.56. The summed E-state index contributed by atoms with van der Waals surface area (Å²) in [4.78, 5) is 4.91. The van der Waals surface area contributed by atoms with Gasteiger partial charge < -0.3 is 15.4 Å². The molecule has 2 aromatic rings. The fraction of sp³-hybridized carbons (Fsp3) is 0.435. The highest BCUT2D eigenvalue weighted by Gasteiger charge is 2.27. The molecule has 0 bridgehead atoms. The Labute approximate surface area is 208 Å². The monoisotopic (exact) mass is 572 g/mol. The predicted molar refractivity (Wildman–Crippen MR) is 139 cm³/mol. The van der Waals surface area contributed by atoms with E-state index in [4.69, 9.17) is 4.74 Å². The average molecular weight is 573 g/mol. The van der Waals surface area contributed by atoms with Crippen LogP contribution in [0.5, 0.6) is 5.75 Å². The number of aryl methyl sites for hydroxylation is 1. The molecule has 32 heavy (non-hydrogen) atoms. The summed E-state index contributed by atoms with van der Waals surface area (Å²) in [5.41, 5.74) is 3.27. The minimum atomic E-state index is -3.42. The topological polar surface area (TPSA) is 91.8 Å². The van der Waals surface area contributed by atoms with Gasteiger partial charge in [-0.05, 0) is 68.0 Å². The summed E-state index contributed by atoms with van der Waals surface area (Å²) in [5, 5.41) is 6.59. The van der Waals surface area contributed by atoms with E-state index < -0.39 is 10.0 Å². The van der Waals surface area contributed by atoms with Gasteiger partial charge in [0.05, 0.1) is 18.6 Å². The van der Waals surface area contributed by atoms with E-state index in [-0.39, 0.29) is 30.0 Å². The van der Waals surface area contributed by atoms with Crippen LogP contribution in [-0.2, 0) is 23.0 Å². The molecule has 176 valence electrons. The largest absolute Gasteiger partial charge is 0.496 e. The maximum Gasteiger partial charge on any atom is 0.240 e. The van der Waals surface area contributed by atoms with Crippen LogP contribution in [0.25, 0.3) is 0 Å². The van der Waals surface area contributed by atoms with E-state index in [1.54, 1.807) is 19.2 Å². The third kappa shape index (κ3) is 7.93. The summed E-state index contributed by atoms with van der Waals surface area (Å²) in [6.45, 7) is 6.01. The van der Waals surface area contributed by atoms with Crippen molar-refractivity contribution in [2.45, 2.75) is 50.6 Å². The van der Waals surface area contributed by atoms with Crippen molar-refractivity contribution >= 4 is 40.0 Å². The minimum Gasteiger partial charge on any atom is -0.496 e. The molecule has 0 amide bonds. The summed E-state index contributed by atoms with van der Waals surface area (Å²) in [7, 11) is -1.73. The number of hydrogen-bond acceptors (Lipinski definition) is 4. The molecule has 1 aliphatic carbocycles. The van der Waals surface area contributed by atoms with Gasteiger partial charge in [0.15, 0.2) is 5.96 Å². The predicted octanol–water partition coefficient (Wildman–Crippen LogP) is 3.36. The SMILES string of the molecule is CCNC(=NCc1ccc(S(=O)(=O)NC2CC2)cc1)NCCc1ccc(C)c(OC)c1.I. The first kappa shape index (κ1) is 26.4. The van der Waals surface area contributed by atoms with Crippen LogP contribution < -0.4 is 20.1 Å². The molecule has 9 heteroatoms. The van der Waals surface area contributed by atoms with E-state index >= 15 is 0 Å². The molecule has 2 aromatic carbocycles. The molecule has 7 nitrogen and oxygen atoms in total. The third-order valence-corrected chi connectivity index (χ3v) is 6.61. The first-order valence-corrected chi connectivity index (χ1v) is 12.2. The zero-order chi connectivity index (χ0) is 22.3. The van der Waals surface area contributed by atoms with E-state index in [0.717, 1.165) is 55.2 Å². The highest BCUT2D eigenvalue weighted by molar-refractivity contribution is 14.0. The Morgan fingerprint density at radius 1 is 1.09 bits per heavy atom. The number of ether oxygens (including phenoxy) is 1. The smallest absolute Gasteiger partial charge is 0.240 e. The number of halogens is 1. The van der Waals surface area contributed by atoms with Crippen LogP contribution in [0.1, 0.15) is 36.5 Å². The van der Waals surface area contributed by atoms with Crippen molar-refractivity contribution in [1.29, 1.82) is 0 Å². The van der Waals surface area contributed by atoms with Crippen molar-refractivity contribution in [2.75, 3.05) is 20.2 Å². The second kappa shape index (κ2) is 12.4. The van der Waals surface area contributed by atoms with Crippen LogP contribution in [-0.4, -0.2) is 40.6 Å². The molecule has 0 unspecified atom stereocenters. The zero-order valence-electron chi connectivity index (χ0n) is 18.8. The maximum absolute atomic E-state index is 12.3. The molecule has 0 radical (unpaired) electrons. The molecule has 0 spiro atoms. The van der Waals surface area contributed by atoms with Gasteiger partial charge in [-0.25, -0.2) is 18.1 Å². The fourth-order valence-corrected chi connectivity index (χ4v) is 4.42. The van der Waals surface area contributed by atoms with Gasteiger partial charge in [0.25, 0.3) is 0 Å². The van der Waals surface area contributed by atoms with E-state index in [2.05, 4.69) is 38.5 Å². The number of methoxy groups -OCH3 is 1. The molecule has 0 saturated heterocycles. The Morgan fingerprint density at radius 2 is 1.78 bits per heavy atom. The van der Waals surface area contributed by atoms with Gasteiger partial charge in [0.2, 0.25) is 10.0 Å². The van der Waals surface area contributed by atoms with Gasteiger partial charge in [-0.2, -0.15) is 0 Å². The Balaban J connectivity index is 0.00000363. The van der Waals surface area contributed by atoms with Crippen molar-refractivity contribution in [3.8, 4) is 5.75 Å². The van der Waals surface area contributed by atoms with Crippen molar-refractivity contribution in [1.82, 2.24) is 15.4 Å². The van der Waals surface area contributed by atoms with Crippen LogP contribution in [0.2, 0.25) is 0 Å². The number of benzene rings is 2. The lowest BCUT2D eigenvalue weighted by atomic mass is 10.1. The van der Waals surface area contributed by atoms with E-state index in [1.165, 1.54) is 5.56 Å². The lowest BCUT2D eigenvalue weighted by molar-refractivity contribution is 0.411. The second-order valence-electron chi connectivity index (χ2n) is 7.72. The number of hydrogen-bond donors (Lipinski definition) is 3. The van der Waals surface area contributed by atoms with Gasteiger partial charge in [-0.1, -0.05) is 24.3 Å². The quantitative estimate of drug-likeness (QED) is 0.231.